The summed E-state index contributed by atoms with van der Waals surface area (Å²) >= 11 is 0. The van der Waals surface area contributed by atoms with Gasteiger partial charge in [-0.3, -0.25) is 9.00 Å². The molecule has 0 saturated heterocycles. The van der Waals surface area contributed by atoms with E-state index in [2.05, 4.69) is 5.32 Å². The van der Waals surface area contributed by atoms with Crippen LogP contribution in [0, 0.1) is 5.92 Å². The molecule has 1 aromatic carbocycles. The number of methoxy groups -OCH3 is 1. The largest absolute Gasteiger partial charge is 0.384 e. The molecule has 0 aliphatic rings. The van der Waals surface area contributed by atoms with Crippen molar-refractivity contribution >= 4 is 34.8 Å². The van der Waals surface area contributed by atoms with E-state index in [9.17, 15) is 9.00 Å². The van der Waals surface area contributed by atoms with Gasteiger partial charge in [-0.15, -0.1) is 12.4 Å². The van der Waals surface area contributed by atoms with Gasteiger partial charge in [-0.25, -0.2) is 0 Å². The first-order chi connectivity index (χ1) is 10.4. The monoisotopic (exact) mass is 362 g/mol. The fourth-order valence-corrected chi connectivity index (χ4v) is 3.07. The Labute approximate surface area is 147 Å². The van der Waals surface area contributed by atoms with Crippen molar-refractivity contribution in [1.29, 1.82) is 0 Å². The molecule has 5 nitrogen and oxygen atoms in total. The third-order valence-corrected chi connectivity index (χ3v) is 4.38. The fraction of sp³-hybridized carbons (Fsp3) is 0.562. The minimum atomic E-state index is -0.971. The lowest BCUT2D eigenvalue weighted by Crippen LogP contribution is -2.36. The van der Waals surface area contributed by atoms with Gasteiger partial charge in [0.15, 0.2) is 0 Å². The molecule has 132 valence electrons. The summed E-state index contributed by atoms with van der Waals surface area (Å²) in [5, 5.41) is 2.82. The Hall–Kier alpha value is -0.950. The van der Waals surface area contributed by atoms with E-state index in [0.29, 0.717) is 36.1 Å². The van der Waals surface area contributed by atoms with Crippen LogP contribution in [0.5, 0.6) is 0 Å². The van der Waals surface area contributed by atoms with Gasteiger partial charge in [0.1, 0.15) is 0 Å². The average molecular weight is 363 g/mol. The number of halogens is 1. The average Bonchev–Trinajstić information content (AvgIpc) is 2.44. The van der Waals surface area contributed by atoms with Crippen molar-refractivity contribution in [3.8, 4) is 0 Å². The SMILES string of the molecule is COCCS(=O)Cc1cccc(NC(=O)[C@@H](N)CC(C)C)c1.Cl. The molecular formula is C16H27ClN2O3S. The highest BCUT2D eigenvalue weighted by atomic mass is 35.5. The highest BCUT2D eigenvalue weighted by Crippen LogP contribution is 2.14. The summed E-state index contributed by atoms with van der Waals surface area (Å²) in [4.78, 5) is 12.0. The standard InChI is InChI=1S/C16H26N2O3S.ClH/c1-12(2)9-15(17)16(19)18-14-6-4-5-13(10-14)11-22(20)8-7-21-3;/h4-6,10,12,15H,7-9,11,17H2,1-3H3,(H,18,19);1H/t15-,22?;/m0./s1. The van der Waals surface area contributed by atoms with Gasteiger partial charge in [0.2, 0.25) is 5.91 Å². The van der Waals surface area contributed by atoms with Crippen LogP contribution in [0.2, 0.25) is 0 Å². The number of amides is 1. The highest BCUT2D eigenvalue weighted by Gasteiger charge is 2.15. The van der Waals surface area contributed by atoms with Crippen LogP contribution in [0.3, 0.4) is 0 Å². The Balaban J connectivity index is 0.00000484. The Morgan fingerprint density at radius 3 is 2.70 bits per heavy atom. The summed E-state index contributed by atoms with van der Waals surface area (Å²) in [6.07, 6.45) is 0.645. The number of ether oxygens (including phenoxy) is 1. The van der Waals surface area contributed by atoms with Gasteiger partial charge < -0.3 is 15.8 Å². The Bertz CT molecular complexity index is 512. The molecule has 1 aromatic rings. The van der Waals surface area contributed by atoms with Crippen molar-refractivity contribution in [2.24, 2.45) is 11.7 Å². The van der Waals surface area contributed by atoms with E-state index in [1.165, 1.54) is 0 Å². The second kappa shape index (κ2) is 11.6. The quantitative estimate of drug-likeness (QED) is 0.706. The molecule has 0 aliphatic carbocycles. The maximum Gasteiger partial charge on any atom is 0.241 e. The second-order valence-electron chi connectivity index (χ2n) is 5.71. The van der Waals surface area contributed by atoms with E-state index in [0.717, 1.165) is 5.56 Å². The van der Waals surface area contributed by atoms with E-state index in [-0.39, 0.29) is 18.3 Å². The minimum Gasteiger partial charge on any atom is -0.384 e. The number of carbonyl (C=O) groups excluding carboxylic acids is 1. The molecule has 0 radical (unpaired) electrons. The van der Waals surface area contributed by atoms with Crippen molar-refractivity contribution in [2.45, 2.75) is 32.1 Å². The predicted molar refractivity (Wildman–Crippen MR) is 98.3 cm³/mol. The number of carbonyl (C=O) groups is 1. The van der Waals surface area contributed by atoms with Crippen LogP contribution < -0.4 is 11.1 Å². The number of hydrogen-bond donors (Lipinski definition) is 2. The van der Waals surface area contributed by atoms with Gasteiger partial charge in [0.05, 0.1) is 12.6 Å². The number of anilines is 1. The molecule has 0 heterocycles. The predicted octanol–water partition coefficient (Wildman–Crippen LogP) is 2.32. The van der Waals surface area contributed by atoms with Crippen molar-refractivity contribution in [2.75, 3.05) is 24.8 Å². The highest BCUT2D eigenvalue weighted by molar-refractivity contribution is 7.84. The molecule has 1 unspecified atom stereocenters. The zero-order valence-electron chi connectivity index (χ0n) is 13.9. The van der Waals surface area contributed by atoms with Crippen molar-refractivity contribution in [1.82, 2.24) is 0 Å². The lowest BCUT2D eigenvalue weighted by Gasteiger charge is -2.14. The van der Waals surface area contributed by atoms with E-state index in [4.69, 9.17) is 10.5 Å². The van der Waals surface area contributed by atoms with Crippen LogP contribution in [0.1, 0.15) is 25.8 Å². The van der Waals surface area contributed by atoms with Crippen molar-refractivity contribution < 1.29 is 13.7 Å². The first-order valence-corrected chi connectivity index (χ1v) is 8.90. The van der Waals surface area contributed by atoms with Crippen LogP contribution in [0.25, 0.3) is 0 Å². The number of nitrogens with one attached hydrogen (secondary N) is 1. The topological polar surface area (TPSA) is 81.4 Å². The summed E-state index contributed by atoms with van der Waals surface area (Å²) < 4.78 is 16.8. The normalized spacial score (nSPS) is 13.3. The molecule has 3 N–H and O–H groups in total. The van der Waals surface area contributed by atoms with Crippen LogP contribution >= 0.6 is 12.4 Å². The van der Waals surface area contributed by atoms with E-state index >= 15 is 0 Å². The maximum absolute atomic E-state index is 12.0. The van der Waals surface area contributed by atoms with Crippen LogP contribution in [-0.2, 0) is 26.1 Å². The fourth-order valence-electron chi connectivity index (χ4n) is 2.02. The first kappa shape index (κ1) is 22.1. The third kappa shape index (κ3) is 9.05. The summed E-state index contributed by atoms with van der Waals surface area (Å²) in [5.41, 5.74) is 7.47. The molecule has 0 aliphatic heterocycles. The van der Waals surface area contributed by atoms with E-state index in [1.807, 2.05) is 38.1 Å². The smallest absolute Gasteiger partial charge is 0.241 e. The van der Waals surface area contributed by atoms with Gasteiger partial charge in [-0.1, -0.05) is 26.0 Å². The summed E-state index contributed by atoms with van der Waals surface area (Å²) in [5.74, 6) is 1.14. The Kier molecular flexibility index (Phi) is 11.1. The molecule has 0 aromatic heterocycles. The number of nitrogens with two attached hydrogens (primary N) is 1. The number of rotatable bonds is 9. The summed E-state index contributed by atoms with van der Waals surface area (Å²) in [6, 6.07) is 6.87. The second-order valence-corrected chi connectivity index (χ2v) is 7.28. The molecule has 0 fully saturated rings. The van der Waals surface area contributed by atoms with E-state index < -0.39 is 16.8 Å². The van der Waals surface area contributed by atoms with Gasteiger partial charge >= 0.3 is 0 Å². The number of hydrogen-bond acceptors (Lipinski definition) is 4. The molecule has 0 bridgehead atoms. The van der Waals surface area contributed by atoms with Gasteiger partial charge in [0.25, 0.3) is 0 Å². The molecule has 1 amide bonds. The minimum absolute atomic E-state index is 0. The zero-order valence-corrected chi connectivity index (χ0v) is 15.5. The molecule has 0 spiro atoms. The number of benzene rings is 1. The van der Waals surface area contributed by atoms with E-state index in [1.54, 1.807) is 7.11 Å². The third-order valence-electron chi connectivity index (χ3n) is 3.10. The summed E-state index contributed by atoms with van der Waals surface area (Å²) in [7, 11) is 0.620. The molecular weight excluding hydrogens is 336 g/mol. The summed E-state index contributed by atoms with van der Waals surface area (Å²) in [6.45, 7) is 4.54. The molecule has 23 heavy (non-hydrogen) atoms. The Morgan fingerprint density at radius 1 is 1.39 bits per heavy atom. The molecule has 0 saturated carbocycles. The lowest BCUT2D eigenvalue weighted by molar-refractivity contribution is -0.117. The first-order valence-electron chi connectivity index (χ1n) is 7.41. The lowest BCUT2D eigenvalue weighted by atomic mass is 10.0. The van der Waals surface area contributed by atoms with Crippen LogP contribution in [0.4, 0.5) is 5.69 Å². The van der Waals surface area contributed by atoms with Gasteiger partial charge in [-0.05, 0) is 30.0 Å². The van der Waals surface area contributed by atoms with Crippen LogP contribution in [0.15, 0.2) is 24.3 Å². The van der Waals surface area contributed by atoms with Crippen molar-refractivity contribution in [3.05, 3.63) is 29.8 Å². The zero-order chi connectivity index (χ0) is 16.5. The van der Waals surface area contributed by atoms with Crippen molar-refractivity contribution in [3.63, 3.8) is 0 Å². The Morgan fingerprint density at radius 2 is 2.09 bits per heavy atom. The van der Waals surface area contributed by atoms with Gasteiger partial charge in [0, 0.05) is 35.1 Å². The van der Waals surface area contributed by atoms with Crippen LogP contribution in [-0.4, -0.2) is 35.6 Å². The molecule has 7 heteroatoms. The van der Waals surface area contributed by atoms with Gasteiger partial charge in [-0.2, -0.15) is 0 Å². The maximum atomic E-state index is 12.0. The molecule has 2 atom stereocenters. The molecule has 1 rings (SSSR count).